The highest BCUT2D eigenvalue weighted by molar-refractivity contribution is 5.31. The highest BCUT2D eigenvalue weighted by Crippen LogP contribution is 2.16. The van der Waals surface area contributed by atoms with Gasteiger partial charge in [0.2, 0.25) is 0 Å². The molecule has 1 heterocycles. The molecular formula is C11H12N2O. The second-order valence-corrected chi connectivity index (χ2v) is 3.18. The molecule has 2 aromatic rings. The number of nitrogens with zero attached hydrogens (tertiary/aromatic N) is 2. The number of benzene rings is 1. The number of para-hydroxylation sites is 1. The molecule has 0 amide bonds. The van der Waals surface area contributed by atoms with E-state index in [1.54, 1.807) is 18.6 Å². The van der Waals surface area contributed by atoms with Gasteiger partial charge in [-0.25, -0.2) is 4.98 Å². The second kappa shape index (κ2) is 3.96. The van der Waals surface area contributed by atoms with Crippen LogP contribution in [0.2, 0.25) is 0 Å². The summed E-state index contributed by atoms with van der Waals surface area (Å²) in [6.07, 6.45) is 6.27. The van der Waals surface area contributed by atoms with Crippen molar-refractivity contribution in [1.82, 2.24) is 9.55 Å². The smallest absolute Gasteiger partial charge is 0.118 e. The van der Waals surface area contributed by atoms with Crippen LogP contribution >= 0.6 is 0 Å². The third-order valence-electron chi connectivity index (χ3n) is 2.19. The summed E-state index contributed by atoms with van der Waals surface area (Å²) in [5.74, 6) is 0.368. The topological polar surface area (TPSA) is 38.0 Å². The average Bonchev–Trinajstić information content (AvgIpc) is 2.69. The van der Waals surface area contributed by atoms with Crippen molar-refractivity contribution < 1.29 is 5.11 Å². The highest BCUT2D eigenvalue weighted by Gasteiger charge is 1.98. The summed E-state index contributed by atoms with van der Waals surface area (Å²) in [5.41, 5.74) is 0.973. The van der Waals surface area contributed by atoms with E-state index in [-0.39, 0.29) is 0 Å². The van der Waals surface area contributed by atoms with Gasteiger partial charge in [-0.05, 0) is 18.1 Å². The molecule has 0 aliphatic heterocycles. The van der Waals surface area contributed by atoms with Gasteiger partial charge in [-0.3, -0.25) is 0 Å². The largest absolute Gasteiger partial charge is 0.508 e. The van der Waals surface area contributed by atoms with E-state index in [0.29, 0.717) is 5.75 Å². The lowest BCUT2D eigenvalue weighted by molar-refractivity contribution is 0.465. The molecule has 14 heavy (non-hydrogen) atoms. The van der Waals surface area contributed by atoms with Crippen LogP contribution in [0.15, 0.2) is 43.0 Å². The van der Waals surface area contributed by atoms with Crippen LogP contribution in [-0.4, -0.2) is 14.7 Å². The summed E-state index contributed by atoms with van der Waals surface area (Å²) >= 11 is 0. The van der Waals surface area contributed by atoms with Crippen molar-refractivity contribution in [2.45, 2.75) is 13.0 Å². The van der Waals surface area contributed by atoms with Crippen molar-refractivity contribution in [2.24, 2.45) is 0 Å². The zero-order chi connectivity index (χ0) is 9.80. The molecule has 1 aromatic heterocycles. The molecule has 0 bridgehead atoms. The predicted molar refractivity (Wildman–Crippen MR) is 54.0 cm³/mol. The second-order valence-electron chi connectivity index (χ2n) is 3.18. The number of hydrogen-bond acceptors (Lipinski definition) is 2. The van der Waals surface area contributed by atoms with Crippen molar-refractivity contribution >= 4 is 0 Å². The fourth-order valence-electron chi connectivity index (χ4n) is 1.39. The van der Waals surface area contributed by atoms with Gasteiger partial charge in [0.05, 0.1) is 6.33 Å². The van der Waals surface area contributed by atoms with E-state index in [0.717, 1.165) is 18.5 Å². The van der Waals surface area contributed by atoms with Crippen LogP contribution in [0.5, 0.6) is 5.75 Å². The van der Waals surface area contributed by atoms with Crippen molar-refractivity contribution in [3.05, 3.63) is 48.5 Å². The Bertz CT molecular complexity index is 395. The Morgan fingerprint density at radius 1 is 1.29 bits per heavy atom. The van der Waals surface area contributed by atoms with E-state index in [1.165, 1.54) is 0 Å². The normalized spacial score (nSPS) is 10.3. The first kappa shape index (κ1) is 8.81. The van der Waals surface area contributed by atoms with Crippen LogP contribution in [0, 0.1) is 0 Å². The van der Waals surface area contributed by atoms with E-state index in [9.17, 15) is 5.11 Å². The minimum atomic E-state index is 0.368. The van der Waals surface area contributed by atoms with Crippen LogP contribution in [0.25, 0.3) is 0 Å². The van der Waals surface area contributed by atoms with E-state index >= 15 is 0 Å². The number of aryl methyl sites for hydroxylation is 2. The fraction of sp³-hybridized carbons (Fsp3) is 0.182. The standard InChI is InChI=1S/C11H12N2O/c14-11-4-2-1-3-10(11)5-7-13-8-6-12-9-13/h1-4,6,8-9,14H,5,7H2. The zero-order valence-corrected chi connectivity index (χ0v) is 7.80. The summed E-state index contributed by atoms with van der Waals surface area (Å²) in [6.45, 7) is 0.845. The van der Waals surface area contributed by atoms with Gasteiger partial charge in [-0.1, -0.05) is 18.2 Å². The minimum absolute atomic E-state index is 0.368. The monoisotopic (exact) mass is 188 g/mol. The fourth-order valence-corrected chi connectivity index (χ4v) is 1.39. The summed E-state index contributed by atoms with van der Waals surface area (Å²) < 4.78 is 1.99. The molecule has 3 nitrogen and oxygen atoms in total. The van der Waals surface area contributed by atoms with E-state index in [1.807, 2.05) is 29.0 Å². The molecule has 0 saturated carbocycles. The molecule has 0 fully saturated rings. The number of imidazole rings is 1. The van der Waals surface area contributed by atoms with Crippen LogP contribution in [0.1, 0.15) is 5.56 Å². The molecule has 0 radical (unpaired) electrons. The number of phenolic OH excluding ortho intramolecular Hbond substituents is 1. The number of phenols is 1. The Hall–Kier alpha value is -1.77. The molecule has 2 rings (SSSR count). The van der Waals surface area contributed by atoms with Gasteiger partial charge >= 0.3 is 0 Å². The van der Waals surface area contributed by atoms with Crippen LogP contribution in [0.3, 0.4) is 0 Å². The number of rotatable bonds is 3. The predicted octanol–water partition coefficient (Wildman–Crippen LogP) is 1.83. The maximum absolute atomic E-state index is 9.51. The lowest BCUT2D eigenvalue weighted by Gasteiger charge is -2.04. The van der Waals surface area contributed by atoms with Gasteiger partial charge in [-0.15, -0.1) is 0 Å². The van der Waals surface area contributed by atoms with Gasteiger partial charge in [0.1, 0.15) is 5.75 Å². The molecule has 0 aliphatic rings. The first-order chi connectivity index (χ1) is 6.86. The molecule has 0 atom stereocenters. The summed E-state index contributed by atoms with van der Waals surface area (Å²) in [7, 11) is 0. The van der Waals surface area contributed by atoms with Crippen LogP contribution in [0.4, 0.5) is 0 Å². The molecular weight excluding hydrogens is 176 g/mol. The van der Waals surface area contributed by atoms with Gasteiger partial charge < -0.3 is 9.67 Å². The number of aromatic nitrogens is 2. The molecule has 0 aliphatic carbocycles. The maximum atomic E-state index is 9.51. The first-order valence-corrected chi connectivity index (χ1v) is 4.59. The third kappa shape index (κ3) is 1.93. The Labute approximate surface area is 82.7 Å². The van der Waals surface area contributed by atoms with Crippen molar-refractivity contribution in [3.8, 4) is 5.75 Å². The summed E-state index contributed by atoms with van der Waals surface area (Å²) in [6, 6.07) is 7.41. The van der Waals surface area contributed by atoms with E-state index in [4.69, 9.17) is 0 Å². The van der Waals surface area contributed by atoms with Gasteiger partial charge in [0, 0.05) is 18.9 Å². The summed E-state index contributed by atoms with van der Waals surface area (Å²) in [5, 5.41) is 9.51. The Kier molecular flexibility index (Phi) is 2.49. The molecule has 0 unspecified atom stereocenters. The molecule has 1 aromatic carbocycles. The molecule has 0 spiro atoms. The summed E-state index contributed by atoms with van der Waals surface area (Å²) in [4.78, 5) is 3.96. The SMILES string of the molecule is Oc1ccccc1CCn1ccnc1. The first-order valence-electron chi connectivity index (χ1n) is 4.59. The Morgan fingerprint density at radius 2 is 2.14 bits per heavy atom. The lowest BCUT2D eigenvalue weighted by atomic mass is 10.1. The van der Waals surface area contributed by atoms with Crippen molar-refractivity contribution in [1.29, 1.82) is 0 Å². The Balaban J connectivity index is 2.02. The molecule has 1 N–H and O–H groups in total. The molecule has 0 saturated heterocycles. The van der Waals surface area contributed by atoms with Crippen molar-refractivity contribution in [3.63, 3.8) is 0 Å². The van der Waals surface area contributed by atoms with Gasteiger partial charge in [-0.2, -0.15) is 0 Å². The minimum Gasteiger partial charge on any atom is -0.508 e. The maximum Gasteiger partial charge on any atom is 0.118 e. The average molecular weight is 188 g/mol. The van der Waals surface area contributed by atoms with E-state index < -0.39 is 0 Å². The highest BCUT2D eigenvalue weighted by atomic mass is 16.3. The van der Waals surface area contributed by atoms with Crippen molar-refractivity contribution in [2.75, 3.05) is 0 Å². The molecule has 72 valence electrons. The number of hydrogen-bond donors (Lipinski definition) is 1. The number of aromatic hydroxyl groups is 1. The van der Waals surface area contributed by atoms with Crippen LogP contribution < -0.4 is 0 Å². The third-order valence-corrected chi connectivity index (χ3v) is 2.19. The van der Waals surface area contributed by atoms with Crippen LogP contribution in [-0.2, 0) is 13.0 Å². The molecule has 3 heteroatoms. The zero-order valence-electron chi connectivity index (χ0n) is 7.80. The lowest BCUT2D eigenvalue weighted by Crippen LogP contribution is -1.98. The quantitative estimate of drug-likeness (QED) is 0.798. The van der Waals surface area contributed by atoms with Gasteiger partial charge in [0.15, 0.2) is 0 Å². The van der Waals surface area contributed by atoms with Gasteiger partial charge in [0.25, 0.3) is 0 Å². The Morgan fingerprint density at radius 3 is 2.86 bits per heavy atom. The van der Waals surface area contributed by atoms with E-state index in [2.05, 4.69) is 4.98 Å².